The number of likely N-dealkylation sites (N-methyl/N-ethyl adjacent to an activating group) is 1. The summed E-state index contributed by atoms with van der Waals surface area (Å²) in [7, 11) is 0. The normalized spacial score (nSPS) is 18.2. The van der Waals surface area contributed by atoms with Crippen molar-refractivity contribution in [3.63, 3.8) is 0 Å². The number of hydrogen-bond acceptors (Lipinski definition) is 4. The van der Waals surface area contributed by atoms with E-state index < -0.39 is 0 Å². The van der Waals surface area contributed by atoms with Gasteiger partial charge in [0.25, 0.3) is 0 Å². The second-order valence-electron chi connectivity index (χ2n) is 6.07. The van der Waals surface area contributed by atoms with Gasteiger partial charge in [0.2, 0.25) is 0 Å². The Hall–Kier alpha value is -1.59. The number of carbonyl (C=O) groups excluding carboxylic acids is 1. The van der Waals surface area contributed by atoms with Crippen LogP contribution >= 0.6 is 0 Å². The quantitative estimate of drug-likeness (QED) is 0.839. The fourth-order valence-corrected chi connectivity index (χ4v) is 3.09. The molecule has 1 aromatic carbocycles. The molecule has 0 aromatic heterocycles. The standard InChI is InChI=1S/C18H29N3O2/c1-2-20(13-11-19)14-17-10-6-7-12-21(17)18(22)23-15-16-8-4-3-5-9-16/h3-5,8-9,17H,2,6-7,10-15,19H2,1H3/t17-/m0/s1. The van der Waals surface area contributed by atoms with Gasteiger partial charge in [-0.25, -0.2) is 4.79 Å². The SMILES string of the molecule is CCN(CCN)C[C@@H]1CCCCN1C(=O)OCc1ccccc1. The number of piperidine rings is 1. The minimum absolute atomic E-state index is 0.192. The summed E-state index contributed by atoms with van der Waals surface area (Å²) >= 11 is 0. The van der Waals surface area contributed by atoms with Crippen molar-refractivity contribution in [3.05, 3.63) is 35.9 Å². The number of nitrogens with two attached hydrogens (primary N) is 1. The summed E-state index contributed by atoms with van der Waals surface area (Å²) in [5, 5.41) is 0. The van der Waals surface area contributed by atoms with Crippen LogP contribution in [0, 0.1) is 0 Å². The third-order valence-corrected chi connectivity index (χ3v) is 4.43. The molecular weight excluding hydrogens is 290 g/mol. The van der Waals surface area contributed by atoms with Crippen molar-refractivity contribution in [3.8, 4) is 0 Å². The van der Waals surface area contributed by atoms with Gasteiger partial charge in [-0.2, -0.15) is 0 Å². The number of benzene rings is 1. The maximum Gasteiger partial charge on any atom is 0.410 e. The molecule has 5 heteroatoms. The first kappa shape index (κ1) is 17.8. The Morgan fingerprint density at radius 1 is 1.35 bits per heavy atom. The van der Waals surface area contributed by atoms with E-state index >= 15 is 0 Å². The fourth-order valence-electron chi connectivity index (χ4n) is 3.09. The summed E-state index contributed by atoms with van der Waals surface area (Å²) in [6, 6.07) is 10.1. The Kier molecular flexibility index (Phi) is 7.36. The zero-order valence-electron chi connectivity index (χ0n) is 14.1. The van der Waals surface area contributed by atoms with Crippen LogP contribution in [0.2, 0.25) is 0 Å². The number of rotatable bonds is 7. The van der Waals surface area contributed by atoms with Crippen LogP contribution in [0.1, 0.15) is 31.7 Å². The van der Waals surface area contributed by atoms with Crippen LogP contribution in [0.5, 0.6) is 0 Å². The van der Waals surface area contributed by atoms with Crippen LogP contribution in [-0.4, -0.2) is 54.7 Å². The highest BCUT2D eigenvalue weighted by molar-refractivity contribution is 5.68. The topological polar surface area (TPSA) is 58.8 Å². The minimum Gasteiger partial charge on any atom is -0.445 e. The molecular formula is C18H29N3O2. The second-order valence-corrected chi connectivity index (χ2v) is 6.07. The Morgan fingerprint density at radius 3 is 2.83 bits per heavy atom. The van der Waals surface area contributed by atoms with Gasteiger partial charge in [-0.15, -0.1) is 0 Å². The molecule has 0 spiro atoms. The van der Waals surface area contributed by atoms with Gasteiger partial charge in [-0.05, 0) is 31.4 Å². The third kappa shape index (κ3) is 5.52. The van der Waals surface area contributed by atoms with Crippen molar-refractivity contribution in [1.82, 2.24) is 9.80 Å². The average Bonchev–Trinajstić information content (AvgIpc) is 2.60. The molecule has 0 unspecified atom stereocenters. The van der Waals surface area contributed by atoms with E-state index in [1.54, 1.807) is 0 Å². The van der Waals surface area contributed by atoms with Gasteiger partial charge in [-0.1, -0.05) is 37.3 Å². The smallest absolute Gasteiger partial charge is 0.410 e. The predicted molar refractivity (Wildman–Crippen MR) is 92.1 cm³/mol. The van der Waals surface area contributed by atoms with E-state index in [2.05, 4.69) is 11.8 Å². The van der Waals surface area contributed by atoms with Crippen LogP contribution < -0.4 is 5.73 Å². The molecule has 0 saturated carbocycles. The number of ether oxygens (including phenoxy) is 1. The van der Waals surface area contributed by atoms with Gasteiger partial charge in [0, 0.05) is 32.2 Å². The van der Waals surface area contributed by atoms with E-state index in [0.717, 1.165) is 44.6 Å². The van der Waals surface area contributed by atoms with Gasteiger partial charge in [0.05, 0.1) is 0 Å². The molecule has 1 fully saturated rings. The minimum atomic E-state index is -0.192. The number of likely N-dealkylation sites (tertiary alicyclic amines) is 1. The lowest BCUT2D eigenvalue weighted by Gasteiger charge is -2.37. The van der Waals surface area contributed by atoms with Gasteiger partial charge < -0.3 is 20.3 Å². The van der Waals surface area contributed by atoms with Crippen molar-refractivity contribution in [2.24, 2.45) is 5.73 Å². The lowest BCUT2D eigenvalue weighted by atomic mass is 10.0. The van der Waals surface area contributed by atoms with Crippen LogP contribution in [0.4, 0.5) is 4.79 Å². The number of hydrogen-bond donors (Lipinski definition) is 1. The lowest BCUT2D eigenvalue weighted by Crippen LogP contribution is -2.50. The highest BCUT2D eigenvalue weighted by Crippen LogP contribution is 2.19. The zero-order chi connectivity index (χ0) is 16.5. The monoisotopic (exact) mass is 319 g/mol. The second kappa shape index (κ2) is 9.53. The number of amides is 1. The largest absolute Gasteiger partial charge is 0.445 e. The van der Waals surface area contributed by atoms with Gasteiger partial charge in [0.15, 0.2) is 0 Å². The Morgan fingerprint density at radius 2 is 2.13 bits per heavy atom. The van der Waals surface area contributed by atoms with Crippen molar-refractivity contribution < 1.29 is 9.53 Å². The molecule has 1 atom stereocenters. The molecule has 0 radical (unpaired) electrons. The van der Waals surface area contributed by atoms with E-state index in [1.165, 1.54) is 6.42 Å². The first-order chi connectivity index (χ1) is 11.2. The van der Waals surface area contributed by atoms with Gasteiger partial charge >= 0.3 is 6.09 Å². The molecule has 1 aliphatic rings. The van der Waals surface area contributed by atoms with Crippen LogP contribution in [0.15, 0.2) is 30.3 Å². The maximum atomic E-state index is 12.5. The molecule has 128 valence electrons. The van der Waals surface area contributed by atoms with E-state index in [9.17, 15) is 4.79 Å². The molecule has 0 bridgehead atoms. The van der Waals surface area contributed by atoms with Crippen LogP contribution in [0.3, 0.4) is 0 Å². The summed E-state index contributed by atoms with van der Waals surface area (Å²) in [6.45, 7) is 6.63. The highest BCUT2D eigenvalue weighted by Gasteiger charge is 2.28. The molecule has 5 nitrogen and oxygen atoms in total. The first-order valence-corrected chi connectivity index (χ1v) is 8.64. The summed E-state index contributed by atoms with van der Waals surface area (Å²) in [4.78, 5) is 16.7. The Balaban J connectivity index is 1.90. The molecule has 1 aliphatic heterocycles. The van der Waals surface area contributed by atoms with Crippen molar-refractivity contribution in [2.75, 3.05) is 32.7 Å². The van der Waals surface area contributed by atoms with Crippen molar-refractivity contribution in [2.45, 2.75) is 38.8 Å². The number of nitrogens with zero attached hydrogens (tertiary/aromatic N) is 2. The molecule has 23 heavy (non-hydrogen) atoms. The molecule has 2 rings (SSSR count). The summed E-state index contributed by atoms with van der Waals surface area (Å²) in [5.74, 6) is 0. The molecule has 2 N–H and O–H groups in total. The predicted octanol–water partition coefficient (Wildman–Crippen LogP) is 2.46. The summed E-state index contributed by atoms with van der Waals surface area (Å²) < 4.78 is 5.52. The highest BCUT2D eigenvalue weighted by atomic mass is 16.6. The van der Waals surface area contributed by atoms with Crippen LogP contribution in [-0.2, 0) is 11.3 Å². The van der Waals surface area contributed by atoms with Crippen molar-refractivity contribution in [1.29, 1.82) is 0 Å². The molecule has 1 aromatic rings. The van der Waals surface area contributed by atoms with E-state index in [4.69, 9.17) is 10.5 Å². The van der Waals surface area contributed by atoms with Gasteiger partial charge in [-0.3, -0.25) is 0 Å². The zero-order valence-corrected chi connectivity index (χ0v) is 14.1. The Labute approximate surface area is 139 Å². The molecule has 0 aliphatic carbocycles. The number of carbonyl (C=O) groups is 1. The molecule has 1 amide bonds. The molecule has 1 saturated heterocycles. The van der Waals surface area contributed by atoms with Crippen LogP contribution in [0.25, 0.3) is 0 Å². The Bertz CT molecular complexity index is 467. The van der Waals surface area contributed by atoms with E-state index in [-0.39, 0.29) is 12.1 Å². The van der Waals surface area contributed by atoms with E-state index in [1.807, 2.05) is 35.2 Å². The third-order valence-electron chi connectivity index (χ3n) is 4.43. The fraction of sp³-hybridized carbons (Fsp3) is 0.611. The lowest BCUT2D eigenvalue weighted by molar-refractivity contribution is 0.0572. The maximum absolute atomic E-state index is 12.5. The van der Waals surface area contributed by atoms with Gasteiger partial charge in [0.1, 0.15) is 6.61 Å². The van der Waals surface area contributed by atoms with E-state index in [0.29, 0.717) is 13.2 Å². The average molecular weight is 319 g/mol. The summed E-state index contributed by atoms with van der Waals surface area (Å²) in [6.07, 6.45) is 3.08. The molecule has 1 heterocycles. The van der Waals surface area contributed by atoms with Crippen molar-refractivity contribution >= 4 is 6.09 Å². The summed E-state index contributed by atoms with van der Waals surface area (Å²) in [5.41, 5.74) is 6.69. The first-order valence-electron chi connectivity index (χ1n) is 8.64.